The zero-order valence-corrected chi connectivity index (χ0v) is 13.3. The van der Waals surface area contributed by atoms with Crippen LogP contribution >= 0.6 is 0 Å². The van der Waals surface area contributed by atoms with Crippen LogP contribution in [0.2, 0.25) is 0 Å². The van der Waals surface area contributed by atoms with Gasteiger partial charge in [-0.2, -0.15) is 0 Å². The van der Waals surface area contributed by atoms with Crippen molar-refractivity contribution in [3.8, 4) is 0 Å². The molecule has 1 heterocycles. The summed E-state index contributed by atoms with van der Waals surface area (Å²) in [6.45, 7) is 10.8. The Bertz CT molecular complexity index is 393. The lowest BCUT2D eigenvalue weighted by molar-refractivity contribution is -0.188. The summed E-state index contributed by atoms with van der Waals surface area (Å²) in [7, 11) is 0. The summed E-state index contributed by atoms with van der Waals surface area (Å²) in [5.41, 5.74) is 0.205. The summed E-state index contributed by atoms with van der Waals surface area (Å²) in [4.78, 5) is 4.62. The van der Waals surface area contributed by atoms with Crippen LogP contribution in [-0.2, 0) is 4.74 Å². The molecule has 4 nitrogen and oxygen atoms in total. The highest BCUT2D eigenvalue weighted by atomic mass is 16.5. The van der Waals surface area contributed by atoms with Crippen LogP contribution in [0.15, 0.2) is 4.99 Å². The van der Waals surface area contributed by atoms with Gasteiger partial charge in [-0.25, -0.2) is 0 Å². The molecule has 5 atom stereocenters. The van der Waals surface area contributed by atoms with Gasteiger partial charge in [-0.05, 0) is 32.1 Å². The Kier molecular flexibility index (Phi) is 3.69. The molecule has 1 saturated heterocycles. The minimum absolute atomic E-state index is 0.205. The van der Waals surface area contributed by atoms with E-state index in [9.17, 15) is 0 Å². The van der Waals surface area contributed by atoms with Gasteiger partial charge in [0.25, 0.3) is 0 Å². The maximum atomic E-state index is 5.97. The molecule has 0 radical (unpaired) electrons. The molecule has 2 saturated carbocycles. The molecule has 3 rings (SSSR count). The second-order valence-corrected chi connectivity index (χ2v) is 7.33. The van der Waals surface area contributed by atoms with Gasteiger partial charge in [-0.15, -0.1) is 0 Å². The monoisotopic (exact) mass is 279 g/mol. The number of aliphatic imine (C=N–C) groups is 1. The second kappa shape index (κ2) is 5.21. The van der Waals surface area contributed by atoms with Crippen LogP contribution in [0.3, 0.4) is 0 Å². The number of guanidine groups is 1. The van der Waals surface area contributed by atoms with Gasteiger partial charge in [0.15, 0.2) is 5.96 Å². The molecule has 3 aliphatic rings. The van der Waals surface area contributed by atoms with Crippen LogP contribution in [0, 0.1) is 17.3 Å². The predicted octanol–water partition coefficient (Wildman–Crippen LogP) is 2.15. The molecule has 0 aromatic carbocycles. The van der Waals surface area contributed by atoms with E-state index in [1.807, 2.05) is 0 Å². The molecule has 2 aliphatic carbocycles. The fourth-order valence-electron chi connectivity index (χ4n) is 3.95. The van der Waals surface area contributed by atoms with Crippen molar-refractivity contribution in [3.05, 3.63) is 0 Å². The van der Waals surface area contributed by atoms with Crippen molar-refractivity contribution in [2.24, 2.45) is 22.2 Å². The van der Waals surface area contributed by atoms with Gasteiger partial charge < -0.3 is 15.4 Å². The fourth-order valence-corrected chi connectivity index (χ4v) is 3.95. The third-order valence-corrected chi connectivity index (χ3v) is 5.37. The Morgan fingerprint density at radius 1 is 1.35 bits per heavy atom. The van der Waals surface area contributed by atoms with Crippen LogP contribution in [0.4, 0.5) is 0 Å². The van der Waals surface area contributed by atoms with Crippen molar-refractivity contribution < 1.29 is 4.74 Å². The summed E-state index contributed by atoms with van der Waals surface area (Å²) in [6, 6.07) is 1.11. The lowest BCUT2D eigenvalue weighted by Crippen LogP contribution is -2.71. The SMILES string of the molecule is CCN=C(NC1CC1C)NC1C2CCCOC2C1(C)C. The van der Waals surface area contributed by atoms with Gasteiger partial charge in [0.05, 0.1) is 6.10 Å². The van der Waals surface area contributed by atoms with E-state index >= 15 is 0 Å². The molecule has 3 fully saturated rings. The highest BCUT2D eigenvalue weighted by Crippen LogP contribution is 2.51. The maximum absolute atomic E-state index is 5.97. The van der Waals surface area contributed by atoms with Crippen molar-refractivity contribution >= 4 is 5.96 Å². The Morgan fingerprint density at radius 2 is 2.10 bits per heavy atom. The van der Waals surface area contributed by atoms with Crippen LogP contribution in [0.1, 0.15) is 47.0 Å². The molecule has 0 spiro atoms. The summed E-state index contributed by atoms with van der Waals surface area (Å²) in [5, 5.41) is 7.27. The first-order valence-electron chi connectivity index (χ1n) is 8.23. The zero-order valence-electron chi connectivity index (χ0n) is 13.3. The van der Waals surface area contributed by atoms with Crippen LogP contribution in [0.25, 0.3) is 0 Å². The first kappa shape index (κ1) is 14.2. The zero-order chi connectivity index (χ0) is 14.3. The molecule has 114 valence electrons. The number of fused-ring (bicyclic) bond motifs is 1. The Hall–Kier alpha value is -0.770. The van der Waals surface area contributed by atoms with E-state index in [1.54, 1.807) is 0 Å². The van der Waals surface area contributed by atoms with E-state index in [0.29, 0.717) is 24.1 Å². The second-order valence-electron chi connectivity index (χ2n) is 7.33. The molecule has 0 amide bonds. The van der Waals surface area contributed by atoms with Gasteiger partial charge in [0.2, 0.25) is 0 Å². The summed E-state index contributed by atoms with van der Waals surface area (Å²) >= 11 is 0. The Balaban J connectivity index is 1.64. The highest BCUT2D eigenvalue weighted by Gasteiger charge is 2.58. The summed E-state index contributed by atoms with van der Waals surface area (Å²) < 4.78 is 5.97. The third-order valence-electron chi connectivity index (χ3n) is 5.37. The van der Waals surface area contributed by atoms with Crippen molar-refractivity contribution in [2.45, 2.75) is 65.1 Å². The quantitative estimate of drug-likeness (QED) is 0.615. The van der Waals surface area contributed by atoms with Gasteiger partial charge in [-0.1, -0.05) is 20.8 Å². The smallest absolute Gasteiger partial charge is 0.191 e. The number of rotatable bonds is 3. The number of ether oxygens (including phenoxy) is 1. The molecule has 0 bridgehead atoms. The van der Waals surface area contributed by atoms with E-state index in [4.69, 9.17) is 4.74 Å². The van der Waals surface area contributed by atoms with Gasteiger partial charge >= 0.3 is 0 Å². The van der Waals surface area contributed by atoms with E-state index in [0.717, 1.165) is 25.0 Å². The number of hydrogen-bond acceptors (Lipinski definition) is 2. The lowest BCUT2D eigenvalue weighted by Gasteiger charge is -2.60. The van der Waals surface area contributed by atoms with Crippen LogP contribution in [-0.4, -0.2) is 37.3 Å². The van der Waals surface area contributed by atoms with E-state index in [1.165, 1.54) is 19.3 Å². The average molecular weight is 279 g/mol. The van der Waals surface area contributed by atoms with Crippen molar-refractivity contribution in [3.63, 3.8) is 0 Å². The van der Waals surface area contributed by atoms with Gasteiger partial charge in [0.1, 0.15) is 0 Å². The minimum atomic E-state index is 0.205. The van der Waals surface area contributed by atoms with Crippen molar-refractivity contribution in [2.75, 3.05) is 13.2 Å². The van der Waals surface area contributed by atoms with Crippen molar-refractivity contribution in [1.82, 2.24) is 10.6 Å². The van der Waals surface area contributed by atoms with E-state index in [-0.39, 0.29) is 5.41 Å². The molecule has 0 aromatic heterocycles. The number of nitrogens with one attached hydrogen (secondary N) is 2. The standard InChI is InChI=1S/C16H29N3O/c1-5-17-15(18-12-9-10(12)2)19-13-11-7-6-8-20-14(11)16(13,3)4/h10-14H,5-9H2,1-4H3,(H2,17,18,19). The fraction of sp³-hybridized carbons (Fsp3) is 0.938. The minimum Gasteiger partial charge on any atom is -0.377 e. The summed E-state index contributed by atoms with van der Waals surface area (Å²) in [5.74, 6) is 2.45. The number of nitrogens with zero attached hydrogens (tertiary/aromatic N) is 1. The van der Waals surface area contributed by atoms with Crippen LogP contribution < -0.4 is 10.6 Å². The largest absolute Gasteiger partial charge is 0.377 e. The van der Waals surface area contributed by atoms with Crippen molar-refractivity contribution in [1.29, 1.82) is 0 Å². The van der Waals surface area contributed by atoms with Gasteiger partial charge in [0, 0.05) is 36.6 Å². The Morgan fingerprint density at radius 3 is 2.75 bits per heavy atom. The normalized spacial score (nSPS) is 42.4. The molecular weight excluding hydrogens is 250 g/mol. The van der Waals surface area contributed by atoms with Gasteiger partial charge in [-0.3, -0.25) is 4.99 Å². The average Bonchev–Trinajstić information content (AvgIpc) is 3.11. The highest BCUT2D eigenvalue weighted by molar-refractivity contribution is 5.81. The molecule has 0 aromatic rings. The first-order valence-corrected chi connectivity index (χ1v) is 8.23. The molecule has 4 heteroatoms. The molecule has 1 aliphatic heterocycles. The van der Waals surface area contributed by atoms with Crippen LogP contribution in [0.5, 0.6) is 0 Å². The van der Waals surface area contributed by atoms with E-state index < -0.39 is 0 Å². The molecule has 20 heavy (non-hydrogen) atoms. The topological polar surface area (TPSA) is 45.7 Å². The first-order chi connectivity index (χ1) is 9.54. The maximum Gasteiger partial charge on any atom is 0.191 e. The summed E-state index contributed by atoms with van der Waals surface area (Å²) in [6.07, 6.45) is 4.18. The van der Waals surface area contributed by atoms with E-state index in [2.05, 4.69) is 43.3 Å². The molecule has 5 unspecified atom stereocenters. The molecule has 2 N–H and O–H groups in total. The number of hydrogen-bond donors (Lipinski definition) is 2. The molecular formula is C16H29N3O. The Labute approximate surface area is 122 Å². The third kappa shape index (κ3) is 2.43. The predicted molar refractivity (Wildman–Crippen MR) is 81.8 cm³/mol. The lowest BCUT2D eigenvalue weighted by atomic mass is 9.55.